The molecule has 2 aromatic rings. The number of nitro benzene ring substituents is 1. The number of carbonyl (C=O) groups is 2. The van der Waals surface area contributed by atoms with Crippen LogP contribution >= 0.6 is 0 Å². The first-order valence-corrected chi connectivity index (χ1v) is 7.36. The van der Waals surface area contributed by atoms with E-state index in [4.69, 9.17) is 9.47 Å². The van der Waals surface area contributed by atoms with Crippen LogP contribution in [0.5, 0.6) is 5.75 Å². The highest BCUT2D eigenvalue weighted by Gasteiger charge is 2.24. The summed E-state index contributed by atoms with van der Waals surface area (Å²) in [6.07, 6.45) is -0.0918. The summed E-state index contributed by atoms with van der Waals surface area (Å²) in [5, 5.41) is 24.7. The van der Waals surface area contributed by atoms with Gasteiger partial charge in [-0.2, -0.15) is 4.73 Å². The van der Waals surface area contributed by atoms with Gasteiger partial charge in [-0.1, -0.05) is 0 Å². The van der Waals surface area contributed by atoms with E-state index in [-0.39, 0.29) is 22.8 Å². The summed E-state index contributed by atoms with van der Waals surface area (Å²) >= 11 is 0. The van der Waals surface area contributed by atoms with E-state index in [1.807, 2.05) is 0 Å². The van der Waals surface area contributed by atoms with Crippen molar-refractivity contribution < 1.29 is 28.7 Å². The van der Waals surface area contributed by atoms with E-state index in [0.717, 1.165) is 12.3 Å². The van der Waals surface area contributed by atoms with Crippen molar-refractivity contribution in [1.82, 2.24) is 0 Å². The van der Waals surface area contributed by atoms with Gasteiger partial charge in [-0.3, -0.25) is 14.9 Å². The van der Waals surface area contributed by atoms with Crippen LogP contribution in [0, 0.1) is 15.3 Å². The lowest BCUT2D eigenvalue weighted by Gasteiger charge is -2.14. The van der Waals surface area contributed by atoms with Gasteiger partial charge >= 0.3 is 11.7 Å². The fraction of sp³-hybridized carbons (Fsp3) is 0.188. The van der Waals surface area contributed by atoms with Crippen LogP contribution in [0.25, 0.3) is 0 Å². The molecule has 0 unspecified atom stereocenters. The number of non-ortho nitro benzene ring substituents is 1. The van der Waals surface area contributed by atoms with E-state index in [9.17, 15) is 24.9 Å². The van der Waals surface area contributed by atoms with Gasteiger partial charge in [0, 0.05) is 18.2 Å². The number of nitro groups is 1. The molecule has 10 heteroatoms. The second-order valence-corrected chi connectivity index (χ2v) is 5.09. The molecule has 10 nitrogen and oxygen atoms in total. The number of anilines is 1. The number of aromatic nitrogens is 1. The van der Waals surface area contributed by atoms with E-state index in [2.05, 4.69) is 5.32 Å². The number of esters is 1. The number of nitrogens with zero attached hydrogens (tertiary/aromatic N) is 2. The Balaban J connectivity index is 2.08. The van der Waals surface area contributed by atoms with E-state index in [1.54, 1.807) is 0 Å². The van der Waals surface area contributed by atoms with Crippen molar-refractivity contribution >= 4 is 23.3 Å². The molecule has 1 N–H and O–H groups in total. The molecule has 1 amide bonds. The minimum Gasteiger partial charge on any atom is -0.618 e. The lowest BCUT2D eigenvalue weighted by atomic mass is 10.2. The minimum atomic E-state index is -1.22. The van der Waals surface area contributed by atoms with Gasteiger partial charge in [-0.25, -0.2) is 4.79 Å². The van der Waals surface area contributed by atoms with E-state index in [1.165, 1.54) is 44.4 Å². The van der Waals surface area contributed by atoms with Gasteiger partial charge in [0.2, 0.25) is 0 Å². The second kappa shape index (κ2) is 7.92. The molecule has 0 saturated carbocycles. The fourth-order valence-corrected chi connectivity index (χ4v) is 1.99. The molecule has 1 aromatic carbocycles. The Kier molecular flexibility index (Phi) is 5.68. The zero-order valence-electron chi connectivity index (χ0n) is 13.9. The van der Waals surface area contributed by atoms with Gasteiger partial charge in [0.25, 0.3) is 11.6 Å². The van der Waals surface area contributed by atoms with Crippen molar-refractivity contribution in [2.45, 2.75) is 13.0 Å². The molecule has 0 aliphatic rings. The van der Waals surface area contributed by atoms with E-state index < -0.39 is 22.9 Å². The van der Waals surface area contributed by atoms with Crippen molar-refractivity contribution in [3.8, 4) is 5.75 Å². The summed E-state index contributed by atoms with van der Waals surface area (Å²) in [7, 11) is 1.29. The van der Waals surface area contributed by atoms with E-state index >= 15 is 0 Å². The molecule has 0 aliphatic carbocycles. The number of benzene rings is 1. The molecule has 0 spiro atoms. The second-order valence-electron chi connectivity index (χ2n) is 5.09. The first kappa shape index (κ1) is 18.6. The summed E-state index contributed by atoms with van der Waals surface area (Å²) in [4.78, 5) is 34.3. The first-order chi connectivity index (χ1) is 12.3. The normalized spacial score (nSPS) is 11.3. The predicted molar refractivity (Wildman–Crippen MR) is 88.6 cm³/mol. The molecule has 0 aliphatic heterocycles. The molecule has 0 radical (unpaired) electrons. The van der Waals surface area contributed by atoms with Crippen molar-refractivity contribution in [2.24, 2.45) is 0 Å². The molecular formula is C16H15N3O7. The number of ether oxygens (including phenoxy) is 2. The molecule has 1 heterocycles. The first-order valence-electron chi connectivity index (χ1n) is 7.36. The Bertz CT molecular complexity index is 853. The Labute approximate surface area is 147 Å². The quantitative estimate of drug-likeness (QED) is 0.270. The molecule has 0 saturated heterocycles. The number of pyridine rings is 1. The van der Waals surface area contributed by atoms with Crippen LogP contribution in [0.1, 0.15) is 17.4 Å². The number of hydrogen-bond donors (Lipinski definition) is 1. The van der Waals surface area contributed by atoms with Crippen molar-refractivity contribution in [3.05, 3.63) is 63.6 Å². The number of hydrogen-bond acceptors (Lipinski definition) is 7. The van der Waals surface area contributed by atoms with E-state index in [0.29, 0.717) is 4.73 Å². The molecule has 2 rings (SSSR count). The predicted octanol–water partition coefficient (Wildman–Crippen LogP) is 1.42. The Hall–Kier alpha value is -3.69. The standard InChI is InChI=1S/C16H15N3O7/c1-10(26-16(21)13-5-3-4-8-18(13)22)15(20)17-12-7-6-11(19(23)24)9-14(12)25-2/h3-10H,1-2H3,(H,17,20)/t10-/m0/s1. The van der Waals surface area contributed by atoms with Crippen LogP contribution < -0.4 is 14.8 Å². The monoisotopic (exact) mass is 361 g/mol. The number of carbonyl (C=O) groups excluding carboxylic acids is 2. The topological polar surface area (TPSA) is 135 Å². The summed E-state index contributed by atoms with van der Waals surface area (Å²) < 4.78 is 10.3. The van der Waals surface area contributed by atoms with Crippen LogP contribution in [0.3, 0.4) is 0 Å². The fourth-order valence-electron chi connectivity index (χ4n) is 1.99. The number of rotatable bonds is 6. The molecular weight excluding hydrogens is 346 g/mol. The maximum absolute atomic E-state index is 12.2. The largest absolute Gasteiger partial charge is 0.618 e. The van der Waals surface area contributed by atoms with Crippen LogP contribution in [0.15, 0.2) is 42.6 Å². The number of amides is 1. The SMILES string of the molecule is COc1cc([N+](=O)[O-])ccc1NC(=O)[C@H](C)OC(=O)c1cccc[n+]1[O-]. The Morgan fingerprint density at radius 1 is 1.27 bits per heavy atom. The highest BCUT2D eigenvalue weighted by atomic mass is 16.6. The third-order valence-electron chi connectivity index (χ3n) is 3.34. The highest BCUT2D eigenvalue weighted by molar-refractivity contribution is 5.97. The van der Waals surface area contributed by atoms with Gasteiger partial charge in [0.1, 0.15) is 5.75 Å². The van der Waals surface area contributed by atoms with Gasteiger partial charge in [-0.15, -0.1) is 0 Å². The van der Waals surface area contributed by atoms with Crippen LogP contribution in [0.4, 0.5) is 11.4 Å². The lowest BCUT2D eigenvalue weighted by molar-refractivity contribution is -0.608. The maximum atomic E-state index is 12.2. The average molecular weight is 361 g/mol. The van der Waals surface area contributed by atoms with Crippen LogP contribution in [-0.4, -0.2) is 30.0 Å². The van der Waals surface area contributed by atoms with Gasteiger partial charge in [0.05, 0.1) is 23.8 Å². The van der Waals surface area contributed by atoms with Crippen molar-refractivity contribution in [3.63, 3.8) is 0 Å². The van der Waals surface area contributed by atoms with Crippen LogP contribution in [0.2, 0.25) is 0 Å². The third-order valence-corrected chi connectivity index (χ3v) is 3.34. The third kappa shape index (κ3) is 4.23. The van der Waals surface area contributed by atoms with Gasteiger partial charge in [0.15, 0.2) is 12.3 Å². The van der Waals surface area contributed by atoms with Gasteiger partial charge < -0.3 is 20.0 Å². The van der Waals surface area contributed by atoms with Crippen molar-refractivity contribution in [1.29, 1.82) is 0 Å². The zero-order valence-corrected chi connectivity index (χ0v) is 13.9. The Morgan fingerprint density at radius 2 is 2.00 bits per heavy atom. The molecule has 1 aromatic heterocycles. The van der Waals surface area contributed by atoms with Gasteiger partial charge in [-0.05, 0) is 19.1 Å². The Morgan fingerprint density at radius 3 is 2.62 bits per heavy atom. The lowest BCUT2D eigenvalue weighted by Crippen LogP contribution is -2.37. The zero-order chi connectivity index (χ0) is 19.3. The summed E-state index contributed by atoms with van der Waals surface area (Å²) in [5.41, 5.74) is -0.298. The average Bonchev–Trinajstić information content (AvgIpc) is 2.61. The van der Waals surface area contributed by atoms with Crippen LogP contribution in [-0.2, 0) is 9.53 Å². The smallest absolute Gasteiger partial charge is 0.405 e. The maximum Gasteiger partial charge on any atom is 0.405 e. The molecule has 0 bridgehead atoms. The molecule has 26 heavy (non-hydrogen) atoms. The minimum absolute atomic E-state index is 0.0755. The van der Waals surface area contributed by atoms with Crippen molar-refractivity contribution in [2.75, 3.05) is 12.4 Å². The molecule has 136 valence electrons. The number of nitrogens with one attached hydrogen (secondary N) is 1. The summed E-state index contributed by atoms with van der Waals surface area (Å²) in [6.45, 7) is 1.32. The summed E-state index contributed by atoms with van der Waals surface area (Å²) in [5.74, 6) is -1.58. The molecule has 1 atom stereocenters. The molecule has 0 fully saturated rings. The highest BCUT2D eigenvalue weighted by Crippen LogP contribution is 2.29. The number of methoxy groups -OCH3 is 1. The summed E-state index contributed by atoms with van der Waals surface area (Å²) in [6, 6.07) is 7.83.